The summed E-state index contributed by atoms with van der Waals surface area (Å²) in [5.74, 6) is 0.172. The average Bonchev–Trinajstić information content (AvgIpc) is 2.85. The molecule has 0 N–H and O–H groups in total. The van der Waals surface area contributed by atoms with Crippen LogP contribution in [-0.4, -0.2) is 5.97 Å². The number of unbranched alkanes of at least 4 members (excludes halogenated alkanes) is 6. The Morgan fingerprint density at radius 1 is 0.939 bits per heavy atom. The zero-order valence-electron chi connectivity index (χ0n) is 20.5. The molecule has 3 nitrogen and oxygen atoms in total. The molecule has 176 valence electrons. The van der Waals surface area contributed by atoms with Gasteiger partial charge in [0.05, 0.1) is 11.0 Å². The van der Waals surface area contributed by atoms with Crippen LogP contribution in [0.15, 0.2) is 42.5 Å². The summed E-state index contributed by atoms with van der Waals surface area (Å²) < 4.78 is 5.94. The Balaban J connectivity index is 1.66. The van der Waals surface area contributed by atoms with Crippen LogP contribution in [0.2, 0.25) is 0 Å². The number of hydrogen-bond donors (Lipinski definition) is 0. The highest BCUT2D eigenvalue weighted by molar-refractivity contribution is 5.85. The van der Waals surface area contributed by atoms with E-state index in [0.717, 1.165) is 56.1 Å². The molecule has 2 aromatic rings. The van der Waals surface area contributed by atoms with E-state index in [-0.39, 0.29) is 5.97 Å². The fourth-order valence-electron chi connectivity index (χ4n) is 5.03. The molecule has 0 bridgehead atoms. The maximum absolute atomic E-state index is 13.5. The van der Waals surface area contributed by atoms with E-state index < -0.39 is 5.41 Å². The van der Waals surface area contributed by atoms with E-state index in [1.807, 2.05) is 18.2 Å². The third-order valence-corrected chi connectivity index (χ3v) is 7.14. The number of esters is 1. The summed E-state index contributed by atoms with van der Waals surface area (Å²) >= 11 is 0. The Bertz CT molecular complexity index is 933. The third kappa shape index (κ3) is 6.70. The minimum Gasteiger partial charge on any atom is -0.424 e. The van der Waals surface area contributed by atoms with Gasteiger partial charge in [0, 0.05) is 0 Å². The number of rotatable bonds is 11. The van der Waals surface area contributed by atoms with Gasteiger partial charge in [-0.25, -0.2) is 0 Å². The molecule has 0 heterocycles. The molecular formula is C30H39NO2. The minimum absolute atomic E-state index is 0.220. The monoisotopic (exact) mass is 445 g/mol. The van der Waals surface area contributed by atoms with E-state index in [1.54, 1.807) is 0 Å². The first-order chi connectivity index (χ1) is 16.1. The van der Waals surface area contributed by atoms with Gasteiger partial charge in [-0.1, -0.05) is 101 Å². The Labute approximate surface area is 200 Å². The Hall–Kier alpha value is -2.60. The summed E-state index contributed by atoms with van der Waals surface area (Å²) in [6.45, 7) is 4.30. The predicted molar refractivity (Wildman–Crippen MR) is 134 cm³/mol. The molecule has 33 heavy (non-hydrogen) atoms. The summed E-state index contributed by atoms with van der Waals surface area (Å²) in [6, 6.07) is 16.3. The molecule has 3 heteroatoms. The zero-order chi connectivity index (χ0) is 23.5. The number of aryl methyl sites for hydroxylation is 2. The van der Waals surface area contributed by atoms with Gasteiger partial charge in [0.1, 0.15) is 11.8 Å². The standard InChI is InChI=1S/C30H39NO2/c1-3-4-5-6-7-8-10-13-25-16-19-28(26(22-25)23-31)33-29(32)30(20-11-9-12-21-30)27-17-14-24(2)15-18-27/h14-19,22H,3-13,20-21H2,1-2H3. The van der Waals surface area contributed by atoms with Gasteiger partial charge in [0.15, 0.2) is 0 Å². The molecule has 0 saturated heterocycles. The second-order valence-electron chi connectivity index (χ2n) is 9.71. The molecule has 2 aromatic carbocycles. The molecular weight excluding hydrogens is 406 g/mol. The van der Waals surface area contributed by atoms with Crippen molar-refractivity contribution in [2.75, 3.05) is 0 Å². The molecule has 1 saturated carbocycles. The molecule has 0 aromatic heterocycles. The normalized spacial score (nSPS) is 15.1. The van der Waals surface area contributed by atoms with Crippen LogP contribution in [0.5, 0.6) is 5.75 Å². The van der Waals surface area contributed by atoms with Gasteiger partial charge in [-0.15, -0.1) is 0 Å². The fraction of sp³-hybridized carbons (Fsp3) is 0.533. The van der Waals surface area contributed by atoms with Crippen molar-refractivity contribution in [2.24, 2.45) is 0 Å². The maximum atomic E-state index is 13.5. The highest BCUT2D eigenvalue weighted by Crippen LogP contribution is 2.41. The van der Waals surface area contributed by atoms with Gasteiger partial charge < -0.3 is 4.74 Å². The zero-order valence-corrected chi connectivity index (χ0v) is 20.5. The lowest BCUT2D eigenvalue weighted by atomic mass is 9.69. The highest BCUT2D eigenvalue weighted by Gasteiger charge is 2.43. The minimum atomic E-state index is -0.616. The summed E-state index contributed by atoms with van der Waals surface area (Å²) in [6.07, 6.45) is 14.6. The molecule has 1 fully saturated rings. The summed E-state index contributed by atoms with van der Waals surface area (Å²) in [4.78, 5) is 13.5. The number of carbonyl (C=O) groups excluding carboxylic acids is 1. The number of hydrogen-bond acceptors (Lipinski definition) is 3. The van der Waals surface area contributed by atoms with Gasteiger partial charge in [0.2, 0.25) is 0 Å². The van der Waals surface area contributed by atoms with Crippen LogP contribution in [0.25, 0.3) is 0 Å². The molecule has 0 aliphatic heterocycles. The van der Waals surface area contributed by atoms with E-state index in [4.69, 9.17) is 4.74 Å². The lowest BCUT2D eigenvalue weighted by molar-refractivity contribution is -0.142. The highest BCUT2D eigenvalue weighted by atomic mass is 16.5. The summed E-state index contributed by atoms with van der Waals surface area (Å²) in [5.41, 5.74) is 3.20. The van der Waals surface area contributed by atoms with E-state index in [2.05, 4.69) is 44.2 Å². The van der Waals surface area contributed by atoms with Crippen molar-refractivity contribution in [3.63, 3.8) is 0 Å². The van der Waals surface area contributed by atoms with E-state index in [0.29, 0.717) is 11.3 Å². The Morgan fingerprint density at radius 2 is 1.61 bits per heavy atom. The van der Waals surface area contributed by atoms with Crippen molar-refractivity contribution in [1.82, 2.24) is 0 Å². The number of nitriles is 1. The molecule has 1 aliphatic rings. The summed E-state index contributed by atoms with van der Waals surface area (Å²) in [5, 5.41) is 9.73. The van der Waals surface area contributed by atoms with Crippen molar-refractivity contribution in [1.29, 1.82) is 5.26 Å². The van der Waals surface area contributed by atoms with Crippen molar-refractivity contribution < 1.29 is 9.53 Å². The molecule has 0 spiro atoms. The number of nitrogens with zero attached hydrogens (tertiary/aromatic N) is 1. The Kier molecular flexibility index (Phi) is 9.55. The largest absolute Gasteiger partial charge is 0.424 e. The molecule has 1 aliphatic carbocycles. The molecule has 0 unspecified atom stereocenters. The van der Waals surface area contributed by atoms with Crippen molar-refractivity contribution in [3.8, 4) is 11.8 Å². The van der Waals surface area contributed by atoms with Crippen LogP contribution < -0.4 is 4.74 Å². The number of carbonyl (C=O) groups is 1. The molecule has 0 atom stereocenters. The topological polar surface area (TPSA) is 50.1 Å². The fourth-order valence-corrected chi connectivity index (χ4v) is 5.03. The van der Waals surface area contributed by atoms with E-state index in [9.17, 15) is 10.1 Å². The van der Waals surface area contributed by atoms with Gasteiger partial charge in [-0.2, -0.15) is 5.26 Å². The lowest BCUT2D eigenvalue weighted by Crippen LogP contribution is -2.41. The first kappa shape index (κ1) is 25.0. The van der Waals surface area contributed by atoms with Crippen molar-refractivity contribution >= 4 is 5.97 Å². The van der Waals surface area contributed by atoms with E-state index >= 15 is 0 Å². The molecule has 0 radical (unpaired) electrons. The molecule has 3 rings (SSSR count). The number of benzene rings is 2. The Morgan fingerprint density at radius 3 is 2.27 bits per heavy atom. The predicted octanol–water partition coefficient (Wildman–Crippen LogP) is 7.97. The first-order valence-corrected chi connectivity index (χ1v) is 12.9. The molecule has 0 amide bonds. The van der Waals surface area contributed by atoms with Gasteiger partial charge >= 0.3 is 5.97 Å². The van der Waals surface area contributed by atoms with Crippen LogP contribution in [0.1, 0.15) is 106 Å². The van der Waals surface area contributed by atoms with Gasteiger partial charge in [-0.3, -0.25) is 4.79 Å². The SMILES string of the molecule is CCCCCCCCCc1ccc(OC(=O)C2(c3ccc(C)cc3)CCCCC2)c(C#N)c1. The first-order valence-electron chi connectivity index (χ1n) is 12.9. The van der Waals surface area contributed by atoms with Crippen LogP contribution in [0, 0.1) is 18.3 Å². The van der Waals surface area contributed by atoms with Gasteiger partial charge in [0.25, 0.3) is 0 Å². The van der Waals surface area contributed by atoms with Crippen molar-refractivity contribution in [3.05, 3.63) is 64.7 Å². The quantitative estimate of drug-likeness (QED) is 0.200. The van der Waals surface area contributed by atoms with Crippen LogP contribution in [0.4, 0.5) is 0 Å². The lowest BCUT2D eigenvalue weighted by Gasteiger charge is -2.35. The second kappa shape index (κ2) is 12.6. The maximum Gasteiger partial charge on any atom is 0.321 e. The average molecular weight is 446 g/mol. The second-order valence-corrected chi connectivity index (χ2v) is 9.71. The smallest absolute Gasteiger partial charge is 0.321 e. The van der Waals surface area contributed by atoms with Crippen LogP contribution in [0.3, 0.4) is 0 Å². The van der Waals surface area contributed by atoms with Crippen LogP contribution in [-0.2, 0) is 16.6 Å². The summed E-state index contributed by atoms with van der Waals surface area (Å²) in [7, 11) is 0. The van der Waals surface area contributed by atoms with E-state index in [1.165, 1.54) is 44.1 Å². The third-order valence-electron chi connectivity index (χ3n) is 7.14. The number of ether oxygens (including phenoxy) is 1. The van der Waals surface area contributed by atoms with Crippen LogP contribution >= 0.6 is 0 Å². The van der Waals surface area contributed by atoms with Gasteiger partial charge in [-0.05, 0) is 55.9 Å². The van der Waals surface area contributed by atoms with Crippen molar-refractivity contribution in [2.45, 2.75) is 103 Å².